The van der Waals surface area contributed by atoms with Crippen LogP contribution in [0.15, 0.2) is 55.3 Å². The van der Waals surface area contributed by atoms with Gasteiger partial charge in [-0.15, -0.1) is 11.3 Å². The van der Waals surface area contributed by atoms with Crippen molar-refractivity contribution in [1.29, 1.82) is 0 Å². The van der Waals surface area contributed by atoms with Gasteiger partial charge in [-0.2, -0.15) is 0 Å². The first-order valence-electron chi connectivity index (χ1n) is 6.54. The second-order valence-electron chi connectivity index (χ2n) is 4.66. The number of hydrogen-bond donors (Lipinski definition) is 0. The molecule has 2 heterocycles. The van der Waals surface area contributed by atoms with Gasteiger partial charge < -0.3 is 4.57 Å². The summed E-state index contributed by atoms with van der Waals surface area (Å²) in [5, 5.41) is 1.27. The van der Waals surface area contributed by atoms with Gasteiger partial charge in [-0.1, -0.05) is 36.9 Å². The fourth-order valence-corrected chi connectivity index (χ4v) is 3.32. The average Bonchev–Trinajstić information content (AvgIpc) is 3.04. The van der Waals surface area contributed by atoms with E-state index in [1.165, 1.54) is 15.0 Å². The molecule has 0 bridgehead atoms. The quantitative estimate of drug-likeness (QED) is 0.624. The topological polar surface area (TPSA) is 17.8 Å². The van der Waals surface area contributed by atoms with Crippen LogP contribution in [0.25, 0.3) is 26.2 Å². The van der Waals surface area contributed by atoms with E-state index in [-0.39, 0.29) is 0 Å². The number of imidazole rings is 1. The van der Waals surface area contributed by atoms with Crippen molar-refractivity contribution in [1.82, 2.24) is 9.55 Å². The molecule has 0 unspecified atom stereocenters. The van der Waals surface area contributed by atoms with Gasteiger partial charge >= 0.3 is 0 Å². The molecule has 2 aromatic heterocycles. The monoisotopic (exact) mass is 280 g/mol. The average molecular weight is 280 g/mol. The maximum absolute atomic E-state index is 4.75. The Morgan fingerprint density at radius 3 is 2.85 bits per heavy atom. The largest absolute Gasteiger partial charge is 0.333 e. The number of fused-ring (bicyclic) bond motifs is 1. The van der Waals surface area contributed by atoms with Crippen LogP contribution in [0, 0.1) is 0 Å². The zero-order valence-corrected chi connectivity index (χ0v) is 12.4. The van der Waals surface area contributed by atoms with Crippen LogP contribution in [0.3, 0.4) is 0 Å². The highest BCUT2D eigenvalue weighted by atomic mass is 32.1. The summed E-state index contributed by atoms with van der Waals surface area (Å²) in [5.41, 5.74) is 2.07. The first kappa shape index (κ1) is 12.9. The molecule has 0 amide bonds. The van der Waals surface area contributed by atoms with Gasteiger partial charge in [-0.05, 0) is 24.4 Å². The number of benzene rings is 1. The van der Waals surface area contributed by atoms with E-state index in [9.17, 15) is 0 Å². The molecule has 0 fully saturated rings. The molecule has 3 rings (SSSR count). The third kappa shape index (κ3) is 2.10. The Morgan fingerprint density at radius 1 is 1.35 bits per heavy atom. The Labute approximate surface area is 122 Å². The van der Waals surface area contributed by atoms with Gasteiger partial charge in [0.25, 0.3) is 0 Å². The number of hydrogen-bond acceptors (Lipinski definition) is 2. The molecule has 0 N–H and O–H groups in total. The van der Waals surface area contributed by atoms with E-state index in [2.05, 4.69) is 47.7 Å². The van der Waals surface area contributed by atoms with E-state index >= 15 is 0 Å². The third-order valence-corrected chi connectivity index (χ3v) is 4.48. The van der Waals surface area contributed by atoms with Gasteiger partial charge in [0.15, 0.2) is 0 Å². The lowest BCUT2D eigenvalue weighted by molar-refractivity contribution is 0.892. The second-order valence-corrected chi connectivity index (χ2v) is 5.74. The van der Waals surface area contributed by atoms with Gasteiger partial charge in [0.1, 0.15) is 5.82 Å². The van der Waals surface area contributed by atoms with Gasteiger partial charge in [0.2, 0.25) is 0 Å². The molecule has 0 aliphatic heterocycles. The standard InChI is InChI=1S/C17H16N2S/c1-4-12(5-2)17-18-14(11-19(17)3)16-10-13-8-6-7-9-15(13)20-16/h4-11H,1H2,2-3H3. The highest BCUT2D eigenvalue weighted by Gasteiger charge is 2.11. The summed E-state index contributed by atoms with van der Waals surface area (Å²) in [5.74, 6) is 0.954. The molecule has 2 nitrogen and oxygen atoms in total. The van der Waals surface area contributed by atoms with E-state index in [0.717, 1.165) is 17.1 Å². The van der Waals surface area contributed by atoms with Crippen molar-refractivity contribution in [2.75, 3.05) is 0 Å². The molecule has 0 aliphatic carbocycles. The molecule has 20 heavy (non-hydrogen) atoms. The highest BCUT2D eigenvalue weighted by molar-refractivity contribution is 7.22. The number of thiophene rings is 1. The Bertz CT molecular complexity index is 772. The fourth-order valence-electron chi connectivity index (χ4n) is 2.30. The van der Waals surface area contributed by atoms with Crippen molar-refractivity contribution in [3.05, 3.63) is 61.1 Å². The van der Waals surface area contributed by atoms with E-state index in [1.54, 1.807) is 11.3 Å². The van der Waals surface area contributed by atoms with Crippen LogP contribution in [-0.2, 0) is 7.05 Å². The van der Waals surface area contributed by atoms with Crippen molar-refractivity contribution in [2.45, 2.75) is 6.92 Å². The summed E-state index contributed by atoms with van der Waals surface area (Å²) in [6.07, 6.45) is 5.95. The fraction of sp³-hybridized carbons (Fsp3) is 0.118. The summed E-state index contributed by atoms with van der Waals surface area (Å²) in [6, 6.07) is 10.6. The normalized spacial score (nSPS) is 12.0. The third-order valence-electron chi connectivity index (χ3n) is 3.34. The highest BCUT2D eigenvalue weighted by Crippen LogP contribution is 2.33. The molecule has 0 saturated heterocycles. The smallest absolute Gasteiger partial charge is 0.140 e. The zero-order chi connectivity index (χ0) is 14.1. The van der Waals surface area contributed by atoms with Crippen LogP contribution in [0.5, 0.6) is 0 Å². The first-order valence-corrected chi connectivity index (χ1v) is 7.36. The molecule has 0 saturated carbocycles. The summed E-state index contributed by atoms with van der Waals surface area (Å²) in [7, 11) is 2.02. The van der Waals surface area contributed by atoms with E-state index < -0.39 is 0 Å². The summed E-state index contributed by atoms with van der Waals surface area (Å²) < 4.78 is 3.35. The Kier molecular flexibility index (Phi) is 3.28. The molecule has 3 aromatic rings. The van der Waals surface area contributed by atoms with Crippen LogP contribution in [0.4, 0.5) is 0 Å². The predicted octanol–water partition coefficient (Wildman–Crippen LogP) is 4.89. The van der Waals surface area contributed by atoms with Crippen molar-refractivity contribution in [2.24, 2.45) is 7.05 Å². The predicted molar refractivity (Wildman–Crippen MR) is 87.9 cm³/mol. The van der Waals surface area contributed by atoms with Crippen molar-refractivity contribution in [3.8, 4) is 10.6 Å². The van der Waals surface area contributed by atoms with Crippen molar-refractivity contribution < 1.29 is 0 Å². The maximum Gasteiger partial charge on any atom is 0.140 e. The van der Waals surface area contributed by atoms with Crippen LogP contribution >= 0.6 is 11.3 Å². The van der Waals surface area contributed by atoms with Crippen LogP contribution in [-0.4, -0.2) is 9.55 Å². The van der Waals surface area contributed by atoms with Gasteiger partial charge in [-0.3, -0.25) is 0 Å². The Balaban J connectivity index is 2.11. The van der Waals surface area contributed by atoms with E-state index in [4.69, 9.17) is 4.98 Å². The van der Waals surface area contributed by atoms with Crippen molar-refractivity contribution in [3.63, 3.8) is 0 Å². The zero-order valence-electron chi connectivity index (χ0n) is 11.6. The summed E-state index contributed by atoms with van der Waals surface area (Å²) in [4.78, 5) is 5.95. The second kappa shape index (κ2) is 5.10. The SMILES string of the molecule is C=CC(=CC)c1nc(-c2cc3ccccc3s2)cn1C. The Morgan fingerprint density at radius 2 is 2.15 bits per heavy atom. The lowest BCUT2D eigenvalue weighted by Crippen LogP contribution is -1.93. The molecular weight excluding hydrogens is 264 g/mol. The molecule has 3 heteroatoms. The molecule has 0 radical (unpaired) electrons. The first-order chi connectivity index (χ1) is 9.72. The molecule has 0 aliphatic rings. The lowest BCUT2D eigenvalue weighted by Gasteiger charge is -1.99. The minimum Gasteiger partial charge on any atom is -0.333 e. The lowest BCUT2D eigenvalue weighted by atomic mass is 10.2. The number of aromatic nitrogens is 2. The van der Waals surface area contributed by atoms with Gasteiger partial charge in [0.05, 0.1) is 10.6 Å². The molecular formula is C17H16N2S. The van der Waals surface area contributed by atoms with Crippen LogP contribution < -0.4 is 0 Å². The number of allylic oxidation sites excluding steroid dienone is 3. The summed E-state index contributed by atoms with van der Waals surface area (Å²) in [6.45, 7) is 5.85. The minimum absolute atomic E-state index is 0.954. The molecule has 0 atom stereocenters. The van der Waals surface area contributed by atoms with Crippen LogP contribution in [0.2, 0.25) is 0 Å². The minimum atomic E-state index is 0.954. The number of rotatable bonds is 3. The number of aryl methyl sites for hydroxylation is 1. The van der Waals surface area contributed by atoms with Gasteiger partial charge in [-0.25, -0.2) is 4.98 Å². The molecule has 0 spiro atoms. The number of nitrogens with zero attached hydrogens (tertiary/aromatic N) is 2. The summed E-state index contributed by atoms with van der Waals surface area (Å²) >= 11 is 1.78. The molecule has 1 aromatic carbocycles. The van der Waals surface area contributed by atoms with Crippen LogP contribution in [0.1, 0.15) is 12.7 Å². The Hall–Kier alpha value is -2.13. The van der Waals surface area contributed by atoms with Crippen molar-refractivity contribution >= 4 is 27.0 Å². The molecule has 100 valence electrons. The van der Waals surface area contributed by atoms with Gasteiger partial charge in [0, 0.05) is 23.5 Å². The van der Waals surface area contributed by atoms with E-state index in [0.29, 0.717) is 0 Å². The maximum atomic E-state index is 4.75. The van der Waals surface area contributed by atoms with E-state index in [1.807, 2.05) is 26.1 Å².